The molecule has 0 radical (unpaired) electrons. The minimum absolute atomic E-state index is 0.155. The Morgan fingerprint density at radius 3 is 2.23 bits per heavy atom. The van der Waals surface area contributed by atoms with Crippen molar-refractivity contribution in [3.63, 3.8) is 0 Å². The lowest BCUT2D eigenvalue weighted by atomic mass is 10.2. The zero-order valence-corrected chi connectivity index (χ0v) is 13.5. The standard InChI is InChI=1S/C15H18N2O4S/c1-16(2)22(19,20)14-8-6-12(7-9-14)15(18)17(3)11-13-5-4-10-21-13/h4-10H,11H2,1-3H3. The van der Waals surface area contributed by atoms with Crippen LogP contribution in [0.3, 0.4) is 0 Å². The van der Waals surface area contributed by atoms with E-state index in [0.717, 1.165) is 4.31 Å². The molecule has 1 aromatic carbocycles. The van der Waals surface area contributed by atoms with Gasteiger partial charge in [0.15, 0.2) is 0 Å². The summed E-state index contributed by atoms with van der Waals surface area (Å²) < 4.78 is 30.3. The van der Waals surface area contributed by atoms with E-state index in [4.69, 9.17) is 4.42 Å². The summed E-state index contributed by atoms with van der Waals surface area (Å²) in [5.41, 5.74) is 0.423. The molecule has 0 aliphatic rings. The van der Waals surface area contributed by atoms with Crippen molar-refractivity contribution in [2.75, 3.05) is 21.1 Å². The van der Waals surface area contributed by atoms with Crippen LogP contribution in [0.2, 0.25) is 0 Å². The van der Waals surface area contributed by atoms with E-state index in [1.807, 2.05) is 0 Å². The lowest BCUT2D eigenvalue weighted by molar-refractivity contribution is 0.0775. The molecule has 0 saturated heterocycles. The summed E-state index contributed by atoms with van der Waals surface area (Å²) in [7, 11) is 1.10. The van der Waals surface area contributed by atoms with Crippen LogP contribution in [0.25, 0.3) is 0 Å². The van der Waals surface area contributed by atoms with Crippen LogP contribution in [-0.4, -0.2) is 44.7 Å². The Balaban J connectivity index is 2.14. The normalized spacial score (nSPS) is 11.6. The summed E-state index contributed by atoms with van der Waals surface area (Å²) in [6.07, 6.45) is 1.55. The first-order valence-electron chi connectivity index (χ1n) is 6.63. The van der Waals surface area contributed by atoms with Crippen molar-refractivity contribution in [1.82, 2.24) is 9.21 Å². The SMILES string of the molecule is CN(Cc1ccco1)C(=O)c1ccc(S(=O)(=O)N(C)C)cc1. The minimum Gasteiger partial charge on any atom is -0.467 e. The second-order valence-electron chi connectivity index (χ2n) is 5.05. The maximum atomic E-state index is 12.3. The molecule has 2 rings (SSSR count). The predicted molar refractivity (Wildman–Crippen MR) is 81.8 cm³/mol. The van der Waals surface area contributed by atoms with Gasteiger partial charge in [0.05, 0.1) is 17.7 Å². The molecule has 1 amide bonds. The number of carbonyl (C=O) groups is 1. The van der Waals surface area contributed by atoms with E-state index in [1.165, 1.54) is 43.3 Å². The molecule has 1 aromatic heterocycles. The molecule has 118 valence electrons. The van der Waals surface area contributed by atoms with Crippen molar-refractivity contribution in [2.24, 2.45) is 0 Å². The molecule has 0 bridgehead atoms. The van der Waals surface area contributed by atoms with Gasteiger partial charge in [-0.3, -0.25) is 4.79 Å². The highest BCUT2D eigenvalue weighted by Crippen LogP contribution is 2.15. The monoisotopic (exact) mass is 322 g/mol. The quantitative estimate of drug-likeness (QED) is 0.841. The Bertz CT molecular complexity index is 734. The molecule has 7 heteroatoms. The van der Waals surface area contributed by atoms with Crippen molar-refractivity contribution < 1.29 is 17.6 Å². The molecule has 22 heavy (non-hydrogen) atoms. The Morgan fingerprint density at radius 2 is 1.73 bits per heavy atom. The average Bonchev–Trinajstić information content (AvgIpc) is 2.99. The van der Waals surface area contributed by atoms with Crippen LogP contribution >= 0.6 is 0 Å². The number of amides is 1. The summed E-state index contributed by atoms with van der Waals surface area (Å²) >= 11 is 0. The molecule has 0 saturated carbocycles. The van der Waals surface area contributed by atoms with Gasteiger partial charge in [-0.2, -0.15) is 0 Å². The number of nitrogens with zero attached hydrogens (tertiary/aromatic N) is 2. The summed E-state index contributed by atoms with van der Waals surface area (Å²) in [4.78, 5) is 14.0. The minimum atomic E-state index is -3.49. The van der Waals surface area contributed by atoms with Crippen molar-refractivity contribution >= 4 is 15.9 Å². The Morgan fingerprint density at radius 1 is 1.09 bits per heavy atom. The fourth-order valence-corrected chi connectivity index (χ4v) is 2.81. The van der Waals surface area contributed by atoms with Gasteiger partial charge in [0.1, 0.15) is 5.76 Å². The third kappa shape index (κ3) is 3.37. The highest BCUT2D eigenvalue weighted by Gasteiger charge is 2.18. The Labute approximate surface area is 130 Å². The predicted octanol–water partition coefficient (Wildman–Crippen LogP) is 1.80. The van der Waals surface area contributed by atoms with Crippen LogP contribution in [0.15, 0.2) is 52.0 Å². The third-order valence-electron chi connectivity index (χ3n) is 3.20. The first-order chi connectivity index (χ1) is 10.3. The molecule has 0 fully saturated rings. The molecule has 0 unspecified atom stereocenters. The number of sulfonamides is 1. The summed E-state index contributed by atoms with van der Waals surface area (Å²) in [6, 6.07) is 9.44. The Hall–Kier alpha value is -2.12. The molecule has 2 aromatic rings. The van der Waals surface area contributed by atoms with Crippen LogP contribution in [0.4, 0.5) is 0 Å². The number of carbonyl (C=O) groups excluding carboxylic acids is 1. The molecule has 0 atom stereocenters. The van der Waals surface area contributed by atoms with Crippen LogP contribution in [0.5, 0.6) is 0 Å². The number of hydrogen-bond donors (Lipinski definition) is 0. The van der Waals surface area contributed by atoms with E-state index in [2.05, 4.69) is 0 Å². The van der Waals surface area contributed by atoms with Crippen LogP contribution in [-0.2, 0) is 16.6 Å². The second kappa shape index (κ2) is 6.33. The first kappa shape index (κ1) is 16.3. The molecular weight excluding hydrogens is 304 g/mol. The topological polar surface area (TPSA) is 70.8 Å². The van der Waals surface area contributed by atoms with Crippen molar-refractivity contribution in [3.05, 3.63) is 54.0 Å². The summed E-state index contributed by atoms with van der Waals surface area (Å²) in [5, 5.41) is 0. The van der Waals surface area contributed by atoms with E-state index in [0.29, 0.717) is 17.9 Å². The molecule has 0 N–H and O–H groups in total. The zero-order chi connectivity index (χ0) is 16.3. The number of rotatable bonds is 5. The largest absolute Gasteiger partial charge is 0.467 e. The summed E-state index contributed by atoms with van der Waals surface area (Å²) in [5.74, 6) is 0.479. The Kier molecular flexibility index (Phi) is 4.68. The maximum absolute atomic E-state index is 12.3. The van der Waals surface area contributed by atoms with E-state index in [1.54, 1.807) is 25.4 Å². The third-order valence-corrected chi connectivity index (χ3v) is 5.03. The lowest BCUT2D eigenvalue weighted by Crippen LogP contribution is -2.26. The van der Waals surface area contributed by atoms with Crippen molar-refractivity contribution in [1.29, 1.82) is 0 Å². The number of hydrogen-bond acceptors (Lipinski definition) is 4. The molecule has 6 nitrogen and oxygen atoms in total. The first-order valence-corrected chi connectivity index (χ1v) is 8.07. The lowest BCUT2D eigenvalue weighted by Gasteiger charge is -2.16. The van der Waals surface area contributed by atoms with Gasteiger partial charge in [0.25, 0.3) is 5.91 Å². The van der Waals surface area contributed by atoms with Crippen LogP contribution < -0.4 is 0 Å². The highest BCUT2D eigenvalue weighted by atomic mass is 32.2. The second-order valence-corrected chi connectivity index (χ2v) is 7.20. The van der Waals surface area contributed by atoms with Gasteiger partial charge in [0, 0.05) is 26.7 Å². The smallest absolute Gasteiger partial charge is 0.254 e. The van der Waals surface area contributed by atoms with Gasteiger partial charge >= 0.3 is 0 Å². The molecule has 1 heterocycles. The molecule has 0 aliphatic carbocycles. The van der Waals surface area contributed by atoms with Crippen molar-refractivity contribution in [2.45, 2.75) is 11.4 Å². The van der Waals surface area contributed by atoms with E-state index in [9.17, 15) is 13.2 Å². The zero-order valence-electron chi connectivity index (χ0n) is 12.7. The van der Waals surface area contributed by atoms with Gasteiger partial charge in [0.2, 0.25) is 10.0 Å². The number of furan rings is 1. The molecule has 0 aliphatic heterocycles. The van der Waals surface area contributed by atoms with E-state index in [-0.39, 0.29) is 10.8 Å². The highest BCUT2D eigenvalue weighted by molar-refractivity contribution is 7.89. The van der Waals surface area contributed by atoms with Gasteiger partial charge < -0.3 is 9.32 Å². The molecule has 0 spiro atoms. The van der Waals surface area contributed by atoms with Gasteiger partial charge in [-0.25, -0.2) is 12.7 Å². The fraction of sp³-hybridized carbons (Fsp3) is 0.267. The summed E-state index contributed by atoms with van der Waals surface area (Å²) in [6.45, 7) is 0.351. The van der Waals surface area contributed by atoms with Gasteiger partial charge in [-0.15, -0.1) is 0 Å². The average molecular weight is 322 g/mol. The number of benzene rings is 1. The maximum Gasteiger partial charge on any atom is 0.254 e. The molecular formula is C15H18N2O4S. The van der Waals surface area contributed by atoms with Gasteiger partial charge in [-0.05, 0) is 36.4 Å². The van der Waals surface area contributed by atoms with E-state index < -0.39 is 10.0 Å². The van der Waals surface area contributed by atoms with Crippen molar-refractivity contribution in [3.8, 4) is 0 Å². The van der Waals surface area contributed by atoms with E-state index >= 15 is 0 Å². The van der Waals surface area contributed by atoms with Crippen LogP contribution in [0, 0.1) is 0 Å². The van der Waals surface area contributed by atoms with Gasteiger partial charge in [-0.1, -0.05) is 0 Å². The van der Waals surface area contributed by atoms with Crippen LogP contribution in [0.1, 0.15) is 16.1 Å². The fourth-order valence-electron chi connectivity index (χ4n) is 1.91.